The molecule has 0 saturated carbocycles. The van der Waals surface area contributed by atoms with Gasteiger partial charge in [0.25, 0.3) is 0 Å². The molecule has 0 radical (unpaired) electrons. The van der Waals surface area contributed by atoms with Gasteiger partial charge in [-0.05, 0) is 49.7 Å². The predicted octanol–water partition coefficient (Wildman–Crippen LogP) is 4.59. The highest BCUT2D eigenvalue weighted by molar-refractivity contribution is 6.02. The van der Waals surface area contributed by atoms with Crippen molar-refractivity contribution in [3.05, 3.63) is 53.6 Å². The summed E-state index contributed by atoms with van der Waals surface area (Å²) in [6, 6.07) is 14.1. The third kappa shape index (κ3) is 3.81. The Morgan fingerprint density at radius 3 is 2.56 bits per heavy atom. The average molecular weight is 466 g/mol. The first kappa shape index (κ1) is 22.4. The molecule has 5 rings (SSSR count). The van der Waals surface area contributed by atoms with E-state index in [2.05, 4.69) is 11.1 Å². The normalized spacial score (nSPS) is 20.2. The number of hydrogen-bond donors (Lipinski definition) is 0. The molecule has 1 atom stereocenters. The minimum Gasteiger partial charge on any atom is -0.497 e. The molecule has 0 aliphatic carbocycles. The summed E-state index contributed by atoms with van der Waals surface area (Å²) in [6.45, 7) is 5.81. The summed E-state index contributed by atoms with van der Waals surface area (Å²) in [5.74, 6) is 2.36. The molecule has 0 bridgehead atoms. The number of ether oxygens (including phenoxy) is 4. The summed E-state index contributed by atoms with van der Waals surface area (Å²) < 4.78 is 23.2. The van der Waals surface area contributed by atoms with E-state index in [9.17, 15) is 4.79 Å². The Morgan fingerprint density at radius 2 is 1.88 bits per heavy atom. The lowest BCUT2D eigenvalue weighted by atomic mass is 9.90. The van der Waals surface area contributed by atoms with Gasteiger partial charge in [0.2, 0.25) is 5.72 Å². The standard InChI is InChI=1S/C26H31N3O5/c1-4-32-23-8-6-7-20-22-17-21(18-9-11-19(31-3)12-10-18)27-29(22)26(34-24(20)23)13-15-28(16-14-26)25(30)33-5-2/h6-12,22H,4-5,13-17H2,1-3H3/t22-/m0/s1. The lowest BCUT2D eigenvalue weighted by Gasteiger charge is -2.51. The summed E-state index contributed by atoms with van der Waals surface area (Å²) in [5.41, 5.74) is 2.51. The number of amides is 1. The molecule has 2 aromatic rings. The van der Waals surface area contributed by atoms with E-state index in [-0.39, 0.29) is 12.1 Å². The van der Waals surface area contributed by atoms with Crippen LogP contribution < -0.4 is 14.2 Å². The molecule has 0 N–H and O–H groups in total. The van der Waals surface area contributed by atoms with Crippen LogP contribution >= 0.6 is 0 Å². The van der Waals surface area contributed by atoms with Crippen molar-refractivity contribution >= 4 is 11.8 Å². The van der Waals surface area contributed by atoms with Crippen LogP contribution in [-0.4, -0.2) is 60.9 Å². The summed E-state index contributed by atoms with van der Waals surface area (Å²) in [7, 11) is 1.67. The van der Waals surface area contributed by atoms with Crippen molar-refractivity contribution in [2.75, 3.05) is 33.4 Å². The molecule has 1 amide bonds. The highest BCUT2D eigenvalue weighted by Crippen LogP contribution is 2.52. The van der Waals surface area contributed by atoms with E-state index in [0.717, 1.165) is 40.5 Å². The first-order chi connectivity index (χ1) is 16.6. The van der Waals surface area contributed by atoms with Crippen LogP contribution in [-0.2, 0) is 4.74 Å². The maximum absolute atomic E-state index is 12.3. The topological polar surface area (TPSA) is 72.8 Å². The molecule has 0 aromatic heterocycles. The summed E-state index contributed by atoms with van der Waals surface area (Å²) in [4.78, 5) is 14.1. The number of rotatable bonds is 5. The lowest BCUT2D eigenvalue weighted by molar-refractivity contribution is -0.148. The van der Waals surface area contributed by atoms with Crippen LogP contribution in [0.5, 0.6) is 17.2 Å². The first-order valence-electron chi connectivity index (χ1n) is 12.0. The Labute approximate surface area is 200 Å². The molecule has 2 aromatic carbocycles. The highest BCUT2D eigenvalue weighted by atomic mass is 16.6. The summed E-state index contributed by atoms with van der Waals surface area (Å²) in [5, 5.41) is 7.23. The quantitative estimate of drug-likeness (QED) is 0.643. The largest absolute Gasteiger partial charge is 0.497 e. The maximum Gasteiger partial charge on any atom is 0.409 e. The van der Waals surface area contributed by atoms with Gasteiger partial charge in [-0.25, -0.2) is 9.80 Å². The van der Waals surface area contributed by atoms with Crippen molar-refractivity contribution in [1.82, 2.24) is 9.91 Å². The number of hydrogen-bond acceptors (Lipinski definition) is 7. The molecular weight excluding hydrogens is 434 g/mol. The van der Waals surface area contributed by atoms with Gasteiger partial charge in [0.05, 0.1) is 32.1 Å². The van der Waals surface area contributed by atoms with E-state index >= 15 is 0 Å². The van der Waals surface area contributed by atoms with Crippen molar-refractivity contribution in [2.24, 2.45) is 5.10 Å². The van der Waals surface area contributed by atoms with E-state index < -0.39 is 5.72 Å². The lowest BCUT2D eigenvalue weighted by Crippen LogP contribution is -2.59. The number of nitrogens with zero attached hydrogens (tertiary/aromatic N) is 3. The summed E-state index contributed by atoms with van der Waals surface area (Å²) >= 11 is 0. The van der Waals surface area contributed by atoms with E-state index in [1.54, 1.807) is 12.0 Å². The Hall–Kier alpha value is -3.42. The molecule has 8 nitrogen and oxygen atoms in total. The van der Waals surface area contributed by atoms with Crippen LogP contribution in [0.3, 0.4) is 0 Å². The van der Waals surface area contributed by atoms with Gasteiger partial charge in [0.1, 0.15) is 5.75 Å². The van der Waals surface area contributed by atoms with Crippen molar-refractivity contribution in [2.45, 2.75) is 44.9 Å². The number of methoxy groups -OCH3 is 1. The van der Waals surface area contributed by atoms with Crippen molar-refractivity contribution < 1.29 is 23.7 Å². The van der Waals surface area contributed by atoms with Gasteiger partial charge < -0.3 is 23.8 Å². The molecule has 0 unspecified atom stereocenters. The molecular formula is C26H31N3O5. The van der Waals surface area contributed by atoms with Gasteiger partial charge in [-0.2, -0.15) is 5.10 Å². The number of benzene rings is 2. The van der Waals surface area contributed by atoms with Crippen molar-refractivity contribution in [1.29, 1.82) is 0 Å². The highest BCUT2D eigenvalue weighted by Gasteiger charge is 2.53. The van der Waals surface area contributed by atoms with E-state index in [0.29, 0.717) is 39.1 Å². The third-order valence-corrected chi connectivity index (χ3v) is 6.78. The van der Waals surface area contributed by atoms with Crippen LogP contribution in [0.25, 0.3) is 0 Å². The minimum absolute atomic E-state index is 0.0374. The average Bonchev–Trinajstić information content (AvgIpc) is 3.33. The van der Waals surface area contributed by atoms with Crippen LogP contribution in [0, 0.1) is 0 Å². The Morgan fingerprint density at radius 1 is 1.12 bits per heavy atom. The van der Waals surface area contributed by atoms with Crippen LogP contribution in [0.4, 0.5) is 4.79 Å². The Kier molecular flexibility index (Phi) is 5.98. The second kappa shape index (κ2) is 9.08. The molecule has 1 fully saturated rings. The SMILES string of the molecule is CCOC(=O)N1CCC2(CC1)Oc1c(OCC)cccc1[C@@H]1CC(c3ccc(OC)cc3)=NN12. The zero-order valence-corrected chi connectivity index (χ0v) is 20.0. The Balaban J connectivity index is 1.51. The molecule has 3 aliphatic rings. The fourth-order valence-electron chi connectivity index (χ4n) is 5.08. The molecule has 3 aliphatic heterocycles. The second-order valence-corrected chi connectivity index (χ2v) is 8.68. The number of fused-ring (bicyclic) bond motifs is 4. The zero-order valence-electron chi connectivity index (χ0n) is 20.0. The van der Waals surface area contributed by atoms with Gasteiger partial charge in [-0.3, -0.25) is 0 Å². The number of piperidine rings is 1. The first-order valence-corrected chi connectivity index (χ1v) is 12.0. The number of carbonyl (C=O) groups excluding carboxylic acids is 1. The van der Waals surface area contributed by atoms with Crippen molar-refractivity contribution in [3.8, 4) is 17.2 Å². The number of carbonyl (C=O) groups is 1. The monoisotopic (exact) mass is 465 g/mol. The fraction of sp³-hybridized carbons (Fsp3) is 0.462. The van der Waals surface area contributed by atoms with Crippen LogP contribution in [0.2, 0.25) is 0 Å². The van der Waals surface area contributed by atoms with Crippen molar-refractivity contribution in [3.63, 3.8) is 0 Å². The molecule has 34 heavy (non-hydrogen) atoms. The van der Waals surface area contributed by atoms with Gasteiger partial charge in [-0.15, -0.1) is 0 Å². The Bertz CT molecular complexity index is 1080. The van der Waals surface area contributed by atoms with E-state index in [1.165, 1.54) is 0 Å². The number of para-hydroxylation sites is 1. The van der Waals surface area contributed by atoms with E-state index in [1.807, 2.05) is 50.2 Å². The molecule has 1 spiro atoms. The summed E-state index contributed by atoms with van der Waals surface area (Å²) in [6.07, 6.45) is 1.74. The molecule has 8 heteroatoms. The van der Waals surface area contributed by atoms with Crippen LogP contribution in [0.15, 0.2) is 47.6 Å². The van der Waals surface area contributed by atoms with Gasteiger partial charge >= 0.3 is 6.09 Å². The molecule has 1 saturated heterocycles. The number of likely N-dealkylation sites (tertiary alicyclic amines) is 1. The maximum atomic E-state index is 12.3. The second-order valence-electron chi connectivity index (χ2n) is 8.68. The van der Waals surface area contributed by atoms with Gasteiger partial charge in [0.15, 0.2) is 11.5 Å². The predicted molar refractivity (Wildman–Crippen MR) is 128 cm³/mol. The molecule has 180 valence electrons. The minimum atomic E-state index is -0.651. The molecule has 3 heterocycles. The van der Waals surface area contributed by atoms with Gasteiger partial charge in [0, 0.05) is 37.9 Å². The smallest absolute Gasteiger partial charge is 0.409 e. The van der Waals surface area contributed by atoms with E-state index in [4.69, 9.17) is 24.0 Å². The zero-order chi connectivity index (χ0) is 23.7. The number of hydrazone groups is 1. The van der Waals surface area contributed by atoms with Gasteiger partial charge in [-0.1, -0.05) is 12.1 Å². The van der Waals surface area contributed by atoms with Crippen LogP contribution in [0.1, 0.15) is 50.3 Å². The third-order valence-electron chi connectivity index (χ3n) is 6.78. The fourth-order valence-corrected chi connectivity index (χ4v) is 5.08.